The normalized spacial score (nSPS) is 35.5. The third kappa shape index (κ3) is 2.47. The molecule has 1 saturated carbocycles. The number of piperazine rings is 1. The van der Waals surface area contributed by atoms with Crippen LogP contribution in [0.3, 0.4) is 0 Å². The van der Waals surface area contributed by atoms with Crippen molar-refractivity contribution in [3.05, 3.63) is 0 Å². The van der Waals surface area contributed by atoms with Crippen molar-refractivity contribution in [1.29, 1.82) is 0 Å². The smallest absolute Gasteiger partial charge is 0.326 e. The van der Waals surface area contributed by atoms with Crippen LogP contribution in [0.4, 0.5) is 0 Å². The number of carbonyl (C=O) groups excluding carboxylic acids is 1. The van der Waals surface area contributed by atoms with Gasteiger partial charge < -0.3 is 10.1 Å². The maximum Gasteiger partial charge on any atom is 0.326 e. The molecular formula is C13H24N2O2. The maximum absolute atomic E-state index is 12.2. The average Bonchev–Trinajstić information content (AvgIpc) is 2.38. The van der Waals surface area contributed by atoms with Crippen molar-refractivity contribution in [3.63, 3.8) is 0 Å². The highest BCUT2D eigenvalue weighted by Gasteiger charge is 2.47. The number of hydrogen-bond acceptors (Lipinski definition) is 4. The standard InChI is InChI=1S/C13H24N2O2/c1-11-4-3-5-13(10-11,12(16)17-2)15-8-6-14-7-9-15/h11,14H,3-10H2,1-2H3. The molecule has 0 radical (unpaired) electrons. The van der Waals surface area contributed by atoms with E-state index in [0.29, 0.717) is 5.92 Å². The van der Waals surface area contributed by atoms with Crippen molar-refractivity contribution in [2.45, 2.75) is 38.1 Å². The summed E-state index contributed by atoms with van der Waals surface area (Å²) in [4.78, 5) is 14.6. The Labute approximate surface area is 104 Å². The topological polar surface area (TPSA) is 41.6 Å². The van der Waals surface area contributed by atoms with Gasteiger partial charge in [-0.25, -0.2) is 0 Å². The van der Waals surface area contributed by atoms with Gasteiger partial charge in [0.1, 0.15) is 5.54 Å². The molecule has 4 nitrogen and oxygen atoms in total. The molecule has 0 bridgehead atoms. The Hall–Kier alpha value is -0.610. The first-order chi connectivity index (χ1) is 8.19. The van der Waals surface area contributed by atoms with Crippen molar-refractivity contribution in [3.8, 4) is 0 Å². The summed E-state index contributed by atoms with van der Waals surface area (Å²) in [5.41, 5.74) is -0.339. The van der Waals surface area contributed by atoms with Crippen LogP contribution < -0.4 is 5.32 Å². The molecule has 17 heavy (non-hydrogen) atoms. The molecule has 2 aliphatic rings. The van der Waals surface area contributed by atoms with Gasteiger partial charge in [0.15, 0.2) is 0 Å². The fraction of sp³-hybridized carbons (Fsp3) is 0.923. The lowest BCUT2D eigenvalue weighted by Crippen LogP contribution is -2.62. The summed E-state index contributed by atoms with van der Waals surface area (Å²) >= 11 is 0. The lowest BCUT2D eigenvalue weighted by atomic mass is 9.75. The minimum Gasteiger partial charge on any atom is -0.468 e. The highest BCUT2D eigenvalue weighted by Crippen LogP contribution is 2.37. The molecule has 1 heterocycles. The van der Waals surface area contributed by atoms with Crippen LogP contribution in [-0.2, 0) is 9.53 Å². The molecule has 4 heteroatoms. The SMILES string of the molecule is COC(=O)C1(N2CCNCC2)CCCC(C)C1. The van der Waals surface area contributed by atoms with Crippen LogP contribution in [0.2, 0.25) is 0 Å². The van der Waals surface area contributed by atoms with Crippen LogP contribution >= 0.6 is 0 Å². The Morgan fingerprint density at radius 3 is 2.71 bits per heavy atom. The molecule has 2 unspecified atom stereocenters. The van der Waals surface area contributed by atoms with E-state index in [0.717, 1.165) is 45.4 Å². The number of rotatable bonds is 2. The van der Waals surface area contributed by atoms with E-state index in [1.54, 1.807) is 0 Å². The van der Waals surface area contributed by atoms with Crippen molar-refractivity contribution in [1.82, 2.24) is 10.2 Å². The molecule has 0 aromatic rings. The summed E-state index contributed by atoms with van der Waals surface area (Å²) in [6, 6.07) is 0. The van der Waals surface area contributed by atoms with Crippen LogP contribution in [-0.4, -0.2) is 49.7 Å². The number of hydrogen-bond donors (Lipinski definition) is 1. The van der Waals surface area contributed by atoms with Crippen molar-refractivity contribution < 1.29 is 9.53 Å². The fourth-order valence-corrected chi connectivity index (χ4v) is 3.41. The van der Waals surface area contributed by atoms with Crippen molar-refractivity contribution >= 4 is 5.97 Å². The van der Waals surface area contributed by atoms with E-state index >= 15 is 0 Å². The van der Waals surface area contributed by atoms with Crippen LogP contribution in [0.1, 0.15) is 32.6 Å². The number of carbonyl (C=O) groups is 1. The van der Waals surface area contributed by atoms with Crippen molar-refractivity contribution in [2.24, 2.45) is 5.92 Å². The van der Waals surface area contributed by atoms with E-state index in [1.165, 1.54) is 13.5 Å². The molecule has 1 N–H and O–H groups in total. The first-order valence-corrected chi connectivity index (χ1v) is 6.73. The summed E-state index contributed by atoms with van der Waals surface area (Å²) in [5, 5.41) is 3.35. The highest BCUT2D eigenvalue weighted by molar-refractivity contribution is 5.81. The second-order valence-electron chi connectivity index (χ2n) is 5.46. The first-order valence-electron chi connectivity index (χ1n) is 6.73. The Morgan fingerprint density at radius 2 is 2.12 bits per heavy atom. The average molecular weight is 240 g/mol. The van der Waals surface area contributed by atoms with Gasteiger partial charge in [-0.15, -0.1) is 0 Å². The molecule has 2 rings (SSSR count). The van der Waals surface area contributed by atoms with Gasteiger partial charge in [0.2, 0.25) is 0 Å². The third-order valence-electron chi connectivity index (χ3n) is 4.26. The van der Waals surface area contributed by atoms with E-state index in [-0.39, 0.29) is 11.5 Å². The van der Waals surface area contributed by atoms with Gasteiger partial charge in [0, 0.05) is 26.2 Å². The second-order valence-corrected chi connectivity index (χ2v) is 5.46. The Kier molecular flexibility index (Phi) is 4.05. The molecule has 98 valence electrons. The van der Waals surface area contributed by atoms with Crippen molar-refractivity contribution in [2.75, 3.05) is 33.3 Å². The molecular weight excluding hydrogens is 216 g/mol. The predicted octanol–water partition coefficient (Wildman–Crippen LogP) is 1.01. The highest BCUT2D eigenvalue weighted by atomic mass is 16.5. The van der Waals surface area contributed by atoms with E-state index < -0.39 is 0 Å². The van der Waals surface area contributed by atoms with Crippen LogP contribution in [0.15, 0.2) is 0 Å². The van der Waals surface area contributed by atoms with Gasteiger partial charge in [0.05, 0.1) is 7.11 Å². The zero-order chi connectivity index (χ0) is 12.3. The summed E-state index contributed by atoms with van der Waals surface area (Å²) < 4.78 is 5.09. The van der Waals surface area contributed by atoms with E-state index in [2.05, 4.69) is 17.1 Å². The minimum atomic E-state index is -0.339. The molecule has 0 amide bonds. The van der Waals surface area contributed by atoms with Gasteiger partial charge in [0.25, 0.3) is 0 Å². The fourth-order valence-electron chi connectivity index (χ4n) is 3.41. The van der Waals surface area contributed by atoms with E-state index in [9.17, 15) is 4.79 Å². The van der Waals surface area contributed by atoms with E-state index in [4.69, 9.17) is 4.74 Å². The van der Waals surface area contributed by atoms with Gasteiger partial charge in [-0.05, 0) is 18.8 Å². The van der Waals surface area contributed by atoms with Crippen LogP contribution in [0, 0.1) is 5.92 Å². The number of nitrogens with zero attached hydrogens (tertiary/aromatic N) is 1. The Balaban J connectivity index is 2.18. The number of nitrogens with one attached hydrogen (secondary N) is 1. The third-order valence-corrected chi connectivity index (χ3v) is 4.26. The predicted molar refractivity (Wildman–Crippen MR) is 66.8 cm³/mol. The summed E-state index contributed by atoms with van der Waals surface area (Å²) in [6.45, 7) is 6.13. The molecule has 1 aliphatic carbocycles. The lowest BCUT2D eigenvalue weighted by Gasteiger charge is -2.47. The summed E-state index contributed by atoms with van der Waals surface area (Å²) in [7, 11) is 1.52. The van der Waals surface area contributed by atoms with Gasteiger partial charge in [-0.1, -0.05) is 19.8 Å². The first kappa shape index (κ1) is 12.8. The number of methoxy groups -OCH3 is 1. The molecule has 0 spiro atoms. The zero-order valence-electron chi connectivity index (χ0n) is 11.0. The van der Waals surface area contributed by atoms with Gasteiger partial charge >= 0.3 is 5.97 Å². The van der Waals surface area contributed by atoms with Gasteiger partial charge in [-0.2, -0.15) is 0 Å². The van der Waals surface area contributed by atoms with Crippen LogP contribution in [0.25, 0.3) is 0 Å². The maximum atomic E-state index is 12.2. The monoisotopic (exact) mass is 240 g/mol. The zero-order valence-corrected chi connectivity index (χ0v) is 11.0. The molecule has 1 aliphatic heterocycles. The lowest BCUT2D eigenvalue weighted by molar-refractivity contribution is -0.160. The number of esters is 1. The minimum absolute atomic E-state index is 0.0223. The Morgan fingerprint density at radius 1 is 1.41 bits per heavy atom. The largest absolute Gasteiger partial charge is 0.468 e. The molecule has 0 aromatic carbocycles. The molecule has 1 saturated heterocycles. The molecule has 0 aromatic heterocycles. The second kappa shape index (κ2) is 5.36. The van der Waals surface area contributed by atoms with E-state index in [1.807, 2.05) is 0 Å². The molecule has 2 atom stereocenters. The Bertz CT molecular complexity index is 277. The summed E-state index contributed by atoms with van der Waals surface area (Å²) in [5.74, 6) is 0.601. The number of ether oxygens (including phenoxy) is 1. The molecule has 2 fully saturated rings. The van der Waals surface area contributed by atoms with Gasteiger partial charge in [-0.3, -0.25) is 9.69 Å². The quantitative estimate of drug-likeness (QED) is 0.732. The van der Waals surface area contributed by atoms with Crippen LogP contribution in [0.5, 0.6) is 0 Å². The summed E-state index contributed by atoms with van der Waals surface area (Å²) in [6.07, 6.45) is 4.30.